The molecule has 0 radical (unpaired) electrons. The molecule has 4 nitrogen and oxygen atoms in total. The molecule has 1 atom stereocenters. The number of para-hydroxylation sites is 1. The Balaban J connectivity index is 2.64. The highest BCUT2D eigenvalue weighted by molar-refractivity contribution is 5.57. The molecule has 1 aromatic carbocycles. The van der Waals surface area contributed by atoms with E-state index in [0.29, 0.717) is 18.7 Å². The molecular formula is C13H19N3O. The number of rotatable bonds is 5. The van der Waals surface area contributed by atoms with Gasteiger partial charge >= 0.3 is 0 Å². The summed E-state index contributed by atoms with van der Waals surface area (Å²) in [6, 6.07) is 9.39. The van der Waals surface area contributed by atoms with Crippen molar-refractivity contribution in [2.45, 2.75) is 12.5 Å². The van der Waals surface area contributed by atoms with Gasteiger partial charge in [0.2, 0.25) is 0 Å². The van der Waals surface area contributed by atoms with E-state index in [1.165, 1.54) is 0 Å². The smallest absolute Gasteiger partial charge is 0.101 e. The van der Waals surface area contributed by atoms with E-state index in [4.69, 9.17) is 5.26 Å². The van der Waals surface area contributed by atoms with Gasteiger partial charge in [-0.05, 0) is 33.2 Å². The molecule has 0 amide bonds. The van der Waals surface area contributed by atoms with Crippen LogP contribution in [0.2, 0.25) is 0 Å². The van der Waals surface area contributed by atoms with Gasteiger partial charge in [0.15, 0.2) is 0 Å². The zero-order valence-corrected chi connectivity index (χ0v) is 10.6. The molecule has 1 unspecified atom stereocenters. The predicted molar refractivity (Wildman–Crippen MR) is 68.8 cm³/mol. The Labute approximate surface area is 102 Å². The predicted octanol–water partition coefficient (Wildman–Crippen LogP) is 1.28. The van der Waals surface area contributed by atoms with Gasteiger partial charge in [-0.3, -0.25) is 0 Å². The van der Waals surface area contributed by atoms with E-state index in [1.807, 2.05) is 37.2 Å². The minimum absolute atomic E-state index is 0.407. The van der Waals surface area contributed by atoms with Gasteiger partial charge in [-0.25, -0.2) is 0 Å². The number of nitriles is 1. The van der Waals surface area contributed by atoms with Crippen molar-refractivity contribution >= 4 is 5.69 Å². The molecule has 92 valence electrons. The molecule has 1 rings (SSSR count). The molecule has 0 aromatic heterocycles. The Morgan fingerprint density at radius 1 is 1.41 bits per heavy atom. The summed E-state index contributed by atoms with van der Waals surface area (Å²) in [5.41, 5.74) is 0.522. The molecule has 0 saturated heterocycles. The number of likely N-dealkylation sites (N-methyl/N-ethyl adjacent to an activating group) is 1. The van der Waals surface area contributed by atoms with E-state index >= 15 is 0 Å². The monoisotopic (exact) mass is 233 g/mol. The molecule has 0 fully saturated rings. The van der Waals surface area contributed by atoms with Crippen molar-refractivity contribution in [1.29, 1.82) is 5.26 Å². The highest BCUT2D eigenvalue weighted by Crippen LogP contribution is 2.15. The van der Waals surface area contributed by atoms with Gasteiger partial charge in [-0.15, -0.1) is 0 Å². The highest BCUT2D eigenvalue weighted by atomic mass is 16.3. The minimum atomic E-state index is -0.827. The summed E-state index contributed by atoms with van der Waals surface area (Å²) in [5, 5.41) is 22.2. The molecule has 0 aliphatic heterocycles. The fourth-order valence-electron chi connectivity index (χ4n) is 1.76. The second-order valence-corrected chi connectivity index (χ2v) is 4.75. The van der Waals surface area contributed by atoms with Gasteiger partial charge in [0.1, 0.15) is 6.07 Å². The van der Waals surface area contributed by atoms with Crippen LogP contribution in [-0.2, 0) is 0 Å². The van der Waals surface area contributed by atoms with Gasteiger partial charge < -0.3 is 15.3 Å². The largest absolute Gasteiger partial charge is 0.387 e. The Bertz CT molecular complexity index is 407. The van der Waals surface area contributed by atoms with E-state index < -0.39 is 5.60 Å². The van der Waals surface area contributed by atoms with E-state index in [-0.39, 0.29) is 0 Å². The summed E-state index contributed by atoms with van der Waals surface area (Å²) in [4.78, 5) is 1.93. The summed E-state index contributed by atoms with van der Waals surface area (Å²) in [7, 11) is 3.83. The van der Waals surface area contributed by atoms with E-state index in [9.17, 15) is 5.11 Å². The third-order valence-corrected chi connectivity index (χ3v) is 2.36. The molecule has 0 aliphatic rings. The lowest BCUT2D eigenvalue weighted by Gasteiger charge is -2.27. The average Bonchev–Trinajstić information content (AvgIpc) is 2.25. The number of aliphatic hydroxyl groups is 1. The van der Waals surface area contributed by atoms with E-state index in [2.05, 4.69) is 11.4 Å². The first-order valence-electron chi connectivity index (χ1n) is 5.55. The van der Waals surface area contributed by atoms with Crippen molar-refractivity contribution in [1.82, 2.24) is 4.90 Å². The summed E-state index contributed by atoms with van der Waals surface area (Å²) >= 11 is 0. The molecule has 17 heavy (non-hydrogen) atoms. The quantitative estimate of drug-likeness (QED) is 0.804. The molecule has 2 N–H and O–H groups in total. The molecular weight excluding hydrogens is 214 g/mol. The van der Waals surface area contributed by atoms with E-state index in [0.717, 1.165) is 5.69 Å². The Morgan fingerprint density at radius 3 is 2.65 bits per heavy atom. The van der Waals surface area contributed by atoms with Crippen LogP contribution in [0.5, 0.6) is 0 Å². The second kappa shape index (κ2) is 5.67. The lowest BCUT2D eigenvalue weighted by molar-refractivity contribution is 0.0460. The van der Waals surface area contributed by atoms with Gasteiger partial charge in [0, 0.05) is 13.1 Å². The van der Waals surface area contributed by atoms with Crippen LogP contribution in [0.3, 0.4) is 0 Å². The number of benzene rings is 1. The van der Waals surface area contributed by atoms with Crippen molar-refractivity contribution < 1.29 is 5.11 Å². The molecule has 0 bridgehead atoms. The summed E-state index contributed by atoms with van der Waals surface area (Å²) in [5.74, 6) is 0. The van der Waals surface area contributed by atoms with Gasteiger partial charge in [-0.2, -0.15) is 5.26 Å². The Morgan fingerprint density at radius 2 is 2.06 bits per heavy atom. The maximum atomic E-state index is 10.1. The van der Waals surface area contributed by atoms with Crippen molar-refractivity contribution in [2.75, 3.05) is 32.5 Å². The van der Waals surface area contributed by atoms with Crippen LogP contribution >= 0.6 is 0 Å². The van der Waals surface area contributed by atoms with Gasteiger partial charge in [0.05, 0.1) is 16.9 Å². The minimum Gasteiger partial charge on any atom is -0.387 e. The number of nitrogens with one attached hydrogen (secondary N) is 1. The lowest BCUT2D eigenvalue weighted by Crippen LogP contribution is -2.43. The number of anilines is 1. The van der Waals surface area contributed by atoms with E-state index in [1.54, 1.807) is 13.0 Å². The van der Waals surface area contributed by atoms with Crippen LogP contribution in [0.15, 0.2) is 24.3 Å². The Hall–Kier alpha value is -1.57. The zero-order chi connectivity index (χ0) is 12.9. The normalized spacial score (nSPS) is 14.1. The molecule has 0 heterocycles. The van der Waals surface area contributed by atoms with Crippen molar-refractivity contribution in [3.05, 3.63) is 29.8 Å². The third kappa shape index (κ3) is 4.43. The second-order valence-electron chi connectivity index (χ2n) is 4.75. The topological polar surface area (TPSA) is 59.3 Å². The maximum Gasteiger partial charge on any atom is 0.101 e. The van der Waals surface area contributed by atoms with Crippen molar-refractivity contribution in [3.8, 4) is 6.07 Å². The molecule has 0 saturated carbocycles. The summed E-state index contributed by atoms with van der Waals surface area (Å²) < 4.78 is 0. The molecule has 0 aliphatic carbocycles. The average molecular weight is 233 g/mol. The highest BCUT2D eigenvalue weighted by Gasteiger charge is 2.21. The fraction of sp³-hybridized carbons (Fsp3) is 0.462. The standard InChI is InChI=1S/C13H19N3O/c1-13(17,10-16(2)3)9-15-12-7-5-4-6-11(12)8-14/h4-7,15,17H,9-10H2,1-3H3. The first-order chi connectivity index (χ1) is 7.94. The summed E-state index contributed by atoms with van der Waals surface area (Å²) in [6.07, 6.45) is 0. The molecule has 1 aromatic rings. The van der Waals surface area contributed by atoms with Crippen molar-refractivity contribution in [3.63, 3.8) is 0 Å². The molecule has 4 heteroatoms. The number of hydrogen-bond donors (Lipinski definition) is 2. The molecule has 0 spiro atoms. The van der Waals surface area contributed by atoms with Crippen molar-refractivity contribution in [2.24, 2.45) is 0 Å². The fourth-order valence-corrected chi connectivity index (χ4v) is 1.76. The van der Waals surface area contributed by atoms with Crippen LogP contribution in [0.4, 0.5) is 5.69 Å². The number of hydrogen-bond acceptors (Lipinski definition) is 4. The van der Waals surface area contributed by atoms with Crippen LogP contribution < -0.4 is 5.32 Å². The lowest BCUT2D eigenvalue weighted by atomic mass is 10.1. The number of nitrogens with zero attached hydrogens (tertiary/aromatic N) is 2. The van der Waals surface area contributed by atoms with Crippen LogP contribution in [0.25, 0.3) is 0 Å². The summed E-state index contributed by atoms with van der Waals surface area (Å²) in [6.45, 7) is 2.74. The zero-order valence-electron chi connectivity index (χ0n) is 10.6. The first-order valence-corrected chi connectivity index (χ1v) is 5.55. The van der Waals surface area contributed by atoms with Crippen LogP contribution in [0, 0.1) is 11.3 Å². The first kappa shape index (κ1) is 13.5. The van der Waals surface area contributed by atoms with Gasteiger partial charge in [-0.1, -0.05) is 12.1 Å². The third-order valence-electron chi connectivity index (χ3n) is 2.36. The van der Waals surface area contributed by atoms with Gasteiger partial charge in [0.25, 0.3) is 0 Å². The van der Waals surface area contributed by atoms with Crippen LogP contribution in [-0.4, -0.2) is 42.8 Å². The Kier molecular flexibility index (Phi) is 4.50. The van der Waals surface area contributed by atoms with Crippen LogP contribution in [0.1, 0.15) is 12.5 Å². The SMILES string of the molecule is CN(C)CC(C)(O)CNc1ccccc1C#N. The maximum absolute atomic E-state index is 10.1.